The molecule has 0 saturated carbocycles. The fourth-order valence-electron chi connectivity index (χ4n) is 6.14. The fraction of sp³-hybridized carbons (Fsp3) is 0.262. The van der Waals surface area contributed by atoms with Gasteiger partial charge in [0, 0.05) is 5.56 Å². The van der Waals surface area contributed by atoms with Crippen molar-refractivity contribution in [2.75, 3.05) is 6.61 Å². The van der Waals surface area contributed by atoms with Gasteiger partial charge in [0.1, 0.15) is 36.8 Å². The highest BCUT2D eigenvalue weighted by Gasteiger charge is 2.49. The molecule has 7 nitrogen and oxygen atoms in total. The standard InChI is InChI=1S/C42H42O7/c43-24-35-21-22-36(25-44)37(23-35)39-41(47-28-33-17-9-3-10-18-33)42(48-29-34-19-11-4-12-20-34)40(46-27-32-15-7-2-8-16-32)38(49-39)30-45-26-31-13-5-1-6-14-31/h1-24,38-42,44H,25-30H2/t38-,39+,40-,41+,42+/m1/s1. The quantitative estimate of drug-likeness (QED) is 0.111. The van der Waals surface area contributed by atoms with E-state index in [-0.39, 0.29) is 13.2 Å². The van der Waals surface area contributed by atoms with Gasteiger partial charge in [0.05, 0.1) is 39.6 Å². The van der Waals surface area contributed by atoms with E-state index in [4.69, 9.17) is 23.7 Å². The minimum absolute atomic E-state index is 0.212. The molecule has 5 aromatic rings. The molecule has 49 heavy (non-hydrogen) atoms. The summed E-state index contributed by atoms with van der Waals surface area (Å²) < 4.78 is 33.6. The molecular weight excluding hydrogens is 616 g/mol. The average molecular weight is 659 g/mol. The Morgan fingerprint density at radius 2 is 1.04 bits per heavy atom. The van der Waals surface area contributed by atoms with E-state index >= 15 is 0 Å². The van der Waals surface area contributed by atoms with E-state index in [0.29, 0.717) is 43.1 Å². The van der Waals surface area contributed by atoms with Crippen LogP contribution >= 0.6 is 0 Å². The smallest absolute Gasteiger partial charge is 0.150 e. The summed E-state index contributed by atoms with van der Waals surface area (Å²) >= 11 is 0. The van der Waals surface area contributed by atoms with Crippen LogP contribution in [0.3, 0.4) is 0 Å². The number of carbonyl (C=O) groups is 1. The van der Waals surface area contributed by atoms with Crippen molar-refractivity contribution in [2.45, 2.75) is 63.6 Å². The summed E-state index contributed by atoms with van der Waals surface area (Å²) in [6.07, 6.45) is -2.40. The number of aliphatic hydroxyl groups is 1. The SMILES string of the molecule is O=Cc1ccc(CO)c([C@@H]2O[C@H](COCc3ccccc3)[C@@H](OCc3ccccc3)[C@H](OCc3ccccc3)[C@H]2OCc2ccccc2)c1. The van der Waals surface area contributed by atoms with Crippen LogP contribution in [-0.2, 0) is 56.7 Å². The first kappa shape index (κ1) is 34.4. The van der Waals surface area contributed by atoms with E-state index in [1.807, 2.05) is 121 Å². The summed E-state index contributed by atoms with van der Waals surface area (Å²) in [6, 6.07) is 45.1. The Bertz CT molecular complexity index is 1700. The maximum Gasteiger partial charge on any atom is 0.150 e. The Morgan fingerprint density at radius 1 is 0.571 bits per heavy atom. The minimum atomic E-state index is -0.714. The third-order valence-electron chi connectivity index (χ3n) is 8.67. The van der Waals surface area contributed by atoms with Gasteiger partial charge in [-0.2, -0.15) is 0 Å². The van der Waals surface area contributed by atoms with Crippen LogP contribution in [0.1, 0.15) is 49.8 Å². The Hall–Kier alpha value is -4.47. The lowest BCUT2D eigenvalue weighted by atomic mass is 9.87. The molecule has 1 saturated heterocycles. The largest absolute Gasteiger partial charge is 0.392 e. The first-order valence-electron chi connectivity index (χ1n) is 16.6. The van der Waals surface area contributed by atoms with Crippen molar-refractivity contribution in [3.63, 3.8) is 0 Å². The molecule has 1 aliphatic rings. The van der Waals surface area contributed by atoms with Gasteiger partial charge < -0.3 is 28.8 Å². The third kappa shape index (κ3) is 9.37. The van der Waals surface area contributed by atoms with Gasteiger partial charge in [-0.05, 0) is 39.4 Å². The number of aliphatic hydroxyl groups excluding tert-OH is 1. The molecule has 1 heterocycles. The van der Waals surface area contributed by atoms with Gasteiger partial charge in [0.15, 0.2) is 0 Å². The van der Waals surface area contributed by atoms with Crippen LogP contribution in [0.5, 0.6) is 0 Å². The molecule has 0 spiro atoms. The molecule has 0 aliphatic carbocycles. The summed E-state index contributed by atoms with van der Waals surface area (Å²) in [5.74, 6) is 0. The zero-order valence-electron chi connectivity index (χ0n) is 27.4. The molecule has 7 heteroatoms. The molecule has 5 aromatic carbocycles. The molecule has 1 fully saturated rings. The molecule has 6 rings (SSSR count). The molecule has 0 aromatic heterocycles. The number of rotatable bonds is 16. The van der Waals surface area contributed by atoms with Crippen molar-refractivity contribution >= 4 is 6.29 Å². The number of hydrogen-bond acceptors (Lipinski definition) is 7. The van der Waals surface area contributed by atoms with Crippen molar-refractivity contribution in [1.82, 2.24) is 0 Å². The zero-order valence-corrected chi connectivity index (χ0v) is 27.4. The summed E-state index contributed by atoms with van der Waals surface area (Å²) in [4.78, 5) is 12.0. The summed E-state index contributed by atoms with van der Waals surface area (Å²) in [7, 11) is 0. The lowest BCUT2D eigenvalue weighted by molar-refractivity contribution is -0.275. The molecule has 1 N–H and O–H groups in total. The Kier molecular flexibility index (Phi) is 12.5. The van der Waals surface area contributed by atoms with Crippen molar-refractivity contribution in [1.29, 1.82) is 0 Å². The van der Waals surface area contributed by atoms with Crippen LogP contribution in [0, 0.1) is 0 Å². The molecular formula is C42H42O7. The monoisotopic (exact) mass is 658 g/mol. The average Bonchev–Trinajstić information content (AvgIpc) is 3.17. The van der Waals surface area contributed by atoms with Crippen LogP contribution in [0.2, 0.25) is 0 Å². The first-order valence-corrected chi connectivity index (χ1v) is 16.6. The van der Waals surface area contributed by atoms with Crippen LogP contribution in [0.15, 0.2) is 140 Å². The molecule has 5 atom stereocenters. The van der Waals surface area contributed by atoms with E-state index in [9.17, 15) is 9.90 Å². The third-order valence-corrected chi connectivity index (χ3v) is 8.67. The summed E-state index contributed by atoms with van der Waals surface area (Å²) in [5.41, 5.74) is 5.81. The number of aldehydes is 1. The van der Waals surface area contributed by atoms with Crippen LogP contribution < -0.4 is 0 Å². The summed E-state index contributed by atoms with van der Waals surface area (Å²) in [6.45, 7) is 1.30. The second-order valence-electron chi connectivity index (χ2n) is 12.1. The zero-order chi connectivity index (χ0) is 33.7. The number of hydrogen-bond donors (Lipinski definition) is 1. The number of carbonyl (C=O) groups excluding carboxylic acids is 1. The lowest BCUT2D eigenvalue weighted by Gasteiger charge is -2.47. The van der Waals surface area contributed by atoms with Gasteiger partial charge in [0.25, 0.3) is 0 Å². The minimum Gasteiger partial charge on any atom is -0.392 e. The highest BCUT2D eigenvalue weighted by atomic mass is 16.6. The predicted octanol–water partition coefficient (Wildman–Crippen LogP) is 7.40. The Labute approximate surface area is 288 Å². The number of ether oxygens (including phenoxy) is 5. The maximum absolute atomic E-state index is 12.0. The van der Waals surface area contributed by atoms with Gasteiger partial charge in [0.2, 0.25) is 0 Å². The van der Waals surface area contributed by atoms with E-state index in [1.54, 1.807) is 18.2 Å². The second kappa shape index (κ2) is 17.8. The van der Waals surface area contributed by atoms with Gasteiger partial charge in [-0.25, -0.2) is 0 Å². The van der Waals surface area contributed by atoms with Gasteiger partial charge in [-0.3, -0.25) is 4.79 Å². The molecule has 0 bridgehead atoms. The van der Waals surface area contributed by atoms with Crippen molar-refractivity contribution in [2.24, 2.45) is 0 Å². The van der Waals surface area contributed by atoms with E-state index in [0.717, 1.165) is 28.5 Å². The normalized spacial score (nSPS) is 20.6. The highest BCUT2D eigenvalue weighted by molar-refractivity contribution is 5.75. The molecule has 0 radical (unpaired) electrons. The van der Waals surface area contributed by atoms with Gasteiger partial charge in [-0.15, -0.1) is 0 Å². The summed E-state index contributed by atoms with van der Waals surface area (Å²) in [5, 5.41) is 10.5. The molecule has 0 unspecified atom stereocenters. The van der Waals surface area contributed by atoms with Crippen molar-refractivity contribution < 1.29 is 33.6 Å². The Morgan fingerprint density at radius 3 is 1.53 bits per heavy atom. The van der Waals surface area contributed by atoms with Crippen LogP contribution in [0.4, 0.5) is 0 Å². The topological polar surface area (TPSA) is 83.5 Å². The molecule has 1 aliphatic heterocycles. The second-order valence-corrected chi connectivity index (χ2v) is 12.1. The van der Waals surface area contributed by atoms with Crippen LogP contribution in [-0.4, -0.2) is 42.4 Å². The maximum atomic E-state index is 12.0. The van der Waals surface area contributed by atoms with E-state index < -0.39 is 30.5 Å². The fourth-order valence-corrected chi connectivity index (χ4v) is 6.14. The first-order chi connectivity index (χ1) is 24.2. The van der Waals surface area contributed by atoms with Crippen molar-refractivity contribution in [3.05, 3.63) is 178 Å². The predicted molar refractivity (Wildman–Crippen MR) is 187 cm³/mol. The lowest BCUT2D eigenvalue weighted by Crippen LogP contribution is -2.58. The van der Waals surface area contributed by atoms with E-state index in [1.165, 1.54) is 0 Å². The van der Waals surface area contributed by atoms with Crippen molar-refractivity contribution in [3.8, 4) is 0 Å². The van der Waals surface area contributed by atoms with Crippen LogP contribution in [0.25, 0.3) is 0 Å². The molecule has 252 valence electrons. The van der Waals surface area contributed by atoms with Gasteiger partial charge >= 0.3 is 0 Å². The number of benzene rings is 5. The van der Waals surface area contributed by atoms with Gasteiger partial charge in [-0.1, -0.05) is 133 Å². The van der Waals surface area contributed by atoms with E-state index in [2.05, 4.69) is 0 Å². The highest BCUT2D eigenvalue weighted by Crippen LogP contribution is 2.40. The Balaban J connectivity index is 1.39. The molecule has 0 amide bonds.